The molecule has 3 heterocycles. The van der Waals surface area contributed by atoms with Crippen molar-refractivity contribution < 1.29 is 4.74 Å². The maximum absolute atomic E-state index is 11.7. The third-order valence-corrected chi connectivity index (χ3v) is 5.31. The van der Waals surface area contributed by atoms with Crippen molar-refractivity contribution in [3.05, 3.63) is 63.3 Å². The lowest BCUT2D eigenvalue weighted by atomic mass is 10.1. The highest BCUT2D eigenvalue weighted by Gasteiger charge is 2.12. The fourth-order valence-electron chi connectivity index (χ4n) is 2.66. The van der Waals surface area contributed by atoms with E-state index in [0.717, 1.165) is 21.8 Å². The van der Waals surface area contributed by atoms with Gasteiger partial charge < -0.3 is 4.74 Å². The van der Waals surface area contributed by atoms with Crippen molar-refractivity contribution in [2.75, 3.05) is 5.94 Å². The van der Waals surface area contributed by atoms with E-state index in [1.165, 1.54) is 17.8 Å². The first-order valence-electron chi connectivity index (χ1n) is 7.96. The Hall–Kier alpha value is -2.58. The van der Waals surface area contributed by atoms with Gasteiger partial charge in [-0.15, -0.1) is 11.3 Å². The molecule has 0 aliphatic rings. The van der Waals surface area contributed by atoms with Gasteiger partial charge in [0.15, 0.2) is 16.6 Å². The summed E-state index contributed by atoms with van der Waals surface area (Å²) in [6.07, 6.45) is 0. The molecule has 0 spiro atoms. The number of H-pyrrole nitrogens is 1. The van der Waals surface area contributed by atoms with Crippen LogP contribution in [0.25, 0.3) is 16.3 Å². The first kappa shape index (κ1) is 16.9. The number of aromatic amines is 1. The SMILES string of the molecule is Cc1cc(C)cc(OCSc2nc(-c3cccs3)nc3cc(=O)[nH]n23)c1. The summed E-state index contributed by atoms with van der Waals surface area (Å²) in [4.78, 5) is 21.7. The van der Waals surface area contributed by atoms with Crippen LogP contribution in [-0.4, -0.2) is 25.5 Å². The number of rotatable bonds is 5. The number of ether oxygens (including phenoxy) is 1. The topological polar surface area (TPSA) is 72.3 Å². The third kappa shape index (κ3) is 3.51. The van der Waals surface area contributed by atoms with E-state index in [1.807, 2.05) is 43.5 Å². The maximum Gasteiger partial charge on any atom is 0.266 e. The molecular weight excluding hydrogens is 368 g/mol. The standard InChI is InChI=1S/C18H16N4O2S2/c1-11-6-12(2)8-13(7-11)24-10-26-18-20-17(14-4-3-5-25-14)19-15-9-16(23)21-22(15)18/h3-9H,10H2,1-2H3,(H,21,23). The normalized spacial score (nSPS) is 11.2. The van der Waals surface area contributed by atoms with Gasteiger partial charge in [-0.2, -0.15) is 0 Å². The first-order chi connectivity index (χ1) is 12.6. The molecule has 0 saturated carbocycles. The van der Waals surface area contributed by atoms with Gasteiger partial charge in [0.2, 0.25) is 0 Å². The van der Waals surface area contributed by atoms with Crippen LogP contribution in [0.1, 0.15) is 11.1 Å². The second kappa shape index (κ2) is 6.97. The van der Waals surface area contributed by atoms with Crippen LogP contribution in [0, 0.1) is 13.8 Å². The lowest BCUT2D eigenvalue weighted by Gasteiger charge is -2.09. The van der Waals surface area contributed by atoms with E-state index < -0.39 is 0 Å². The maximum atomic E-state index is 11.7. The molecule has 6 nitrogen and oxygen atoms in total. The fourth-order valence-corrected chi connectivity index (χ4v) is 4.04. The quantitative estimate of drug-likeness (QED) is 0.417. The number of thioether (sulfide) groups is 1. The number of fused-ring (bicyclic) bond motifs is 1. The van der Waals surface area contributed by atoms with Crippen LogP contribution in [-0.2, 0) is 0 Å². The van der Waals surface area contributed by atoms with E-state index in [0.29, 0.717) is 22.6 Å². The van der Waals surface area contributed by atoms with Gasteiger partial charge in [-0.05, 0) is 60.3 Å². The van der Waals surface area contributed by atoms with Crippen LogP contribution >= 0.6 is 23.1 Å². The Morgan fingerprint density at radius 1 is 1.19 bits per heavy atom. The zero-order chi connectivity index (χ0) is 18.1. The lowest BCUT2D eigenvalue weighted by Crippen LogP contribution is -2.05. The van der Waals surface area contributed by atoms with Crippen molar-refractivity contribution in [1.29, 1.82) is 0 Å². The minimum atomic E-state index is -0.209. The van der Waals surface area contributed by atoms with E-state index in [1.54, 1.807) is 15.9 Å². The number of aromatic nitrogens is 4. The molecule has 1 N–H and O–H groups in total. The third-order valence-electron chi connectivity index (χ3n) is 3.67. The Morgan fingerprint density at radius 2 is 2.00 bits per heavy atom. The smallest absolute Gasteiger partial charge is 0.266 e. The van der Waals surface area contributed by atoms with Crippen molar-refractivity contribution in [1.82, 2.24) is 19.6 Å². The Morgan fingerprint density at radius 3 is 2.73 bits per heavy atom. The van der Waals surface area contributed by atoms with E-state index in [2.05, 4.69) is 21.1 Å². The summed E-state index contributed by atoms with van der Waals surface area (Å²) in [5, 5.41) is 5.33. The molecule has 26 heavy (non-hydrogen) atoms. The van der Waals surface area contributed by atoms with Gasteiger partial charge in [0.25, 0.3) is 5.56 Å². The van der Waals surface area contributed by atoms with Crippen LogP contribution in [0.5, 0.6) is 5.75 Å². The average molecular weight is 384 g/mol. The molecule has 8 heteroatoms. The Bertz CT molecular complexity index is 1100. The predicted octanol–water partition coefficient (Wildman–Crippen LogP) is 3.89. The zero-order valence-electron chi connectivity index (χ0n) is 14.2. The minimum Gasteiger partial charge on any atom is -0.483 e. The molecule has 0 radical (unpaired) electrons. The molecule has 1 aromatic carbocycles. The molecule has 4 aromatic rings. The van der Waals surface area contributed by atoms with Crippen molar-refractivity contribution in [2.24, 2.45) is 0 Å². The van der Waals surface area contributed by atoms with Gasteiger partial charge in [0.1, 0.15) is 11.7 Å². The molecule has 0 unspecified atom stereocenters. The Balaban J connectivity index is 1.61. The van der Waals surface area contributed by atoms with Gasteiger partial charge >= 0.3 is 0 Å². The average Bonchev–Trinajstić information content (AvgIpc) is 3.22. The highest BCUT2D eigenvalue weighted by Crippen LogP contribution is 2.25. The van der Waals surface area contributed by atoms with Crippen LogP contribution < -0.4 is 10.3 Å². The molecule has 132 valence electrons. The summed E-state index contributed by atoms with van der Waals surface area (Å²) < 4.78 is 7.45. The van der Waals surface area contributed by atoms with E-state index in [4.69, 9.17) is 4.74 Å². The monoisotopic (exact) mass is 384 g/mol. The summed E-state index contributed by atoms with van der Waals surface area (Å²) in [7, 11) is 0. The van der Waals surface area contributed by atoms with Crippen molar-refractivity contribution in [2.45, 2.75) is 19.0 Å². The second-order valence-corrected chi connectivity index (χ2v) is 7.69. The molecule has 4 rings (SSSR count). The lowest BCUT2D eigenvalue weighted by molar-refractivity contribution is 0.391. The van der Waals surface area contributed by atoms with E-state index >= 15 is 0 Å². The number of benzene rings is 1. The number of hydrogen-bond acceptors (Lipinski definition) is 6. The predicted molar refractivity (Wildman–Crippen MR) is 104 cm³/mol. The van der Waals surface area contributed by atoms with Gasteiger partial charge in [-0.3, -0.25) is 9.89 Å². The summed E-state index contributed by atoms with van der Waals surface area (Å²) in [5.41, 5.74) is 2.65. The fraction of sp³-hybridized carbons (Fsp3) is 0.167. The highest BCUT2D eigenvalue weighted by atomic mass is 32.2. The van der Waals surface area contributed by atoms with E-state index in [-0.39, 0.29) is 5.56 Å². The summed E-state index contributed by atoms with van der Waals surface area (Å²) in [6, 6.07) is 11.5. The Labute approximate surface area is 157 Å². The number of nitrogens with zero attached hydrogens (tertiary/aromatic N) is 3. The molecule has 0 bridgehead atoms. The molecule has 0 saturated heterocycles. The molecule has 0 amide bonds. The molecule has 3 aromatic heterocycles. The van der Waals surface area contributed by atoms with Crippen LogP contribution in [0.3, 0.4) is 0 Å². The van der Waals surface area contributed by atoms with Gasteiger partial charge in [-0.25, -0.2) is 14.5 Å². The summed E-state index contributed by atoms with van der Waals surface area (Å²) >= 11 is 2.97. The second-order valence-electron chi connectivity index (χ2n) is 5.85. The Kier molecular flexibility index (Phi) is 4.52. The highest BCUT2D eigenvalue weighted by molar-refractivity contribution is 7.99. The van der Waals surface area contributed by atoms with Crippen LogP contribution in [0.15, 0.2) is 51.7 Å². The summed E-state index contributed by atoms with van der Waals surface area (Å²) in [6.45, 7) is 4.08. The minimum absolute atomic E-state index is 0.209. The van der Waals surface area contributed by atoms with Crippen LogP contribution in [0.2, 0.25) is 0 Å². The molecular formula is C18H16N4O2S2. The van der Waals surface area contributed by atoms with Gasteiger partial charge in [0.05, 0.1) is 4.88 Å². The largest absolute Gasteiger partial charge is 0.483 e. The number of aryl methyl sites for hydroxylation is 2. The van der Waals surface area contributed by atoms with Crippen molar-refractivity contribution in [3.63, 3.8) is 0 Å². The molecule has 0 aliphatic heterocycles. The number of nitrogens with one attached hydrogen (secondary N) is 1. The summed E-state index contributed by atoms with van der Waals surface area (Å²) in [5.74, 6) is 1.80. The van der Waals surface area contributed by atoms with E-state index in [9.17, 15) is 4.79 Å². The first-order valence-corrected chi connectivity index (χ1v) is 9.82. The number of hydrogen-bond donors (Lipinski definition) is 1. The zero-order valence-corrected chi connectivity index (χ0v) is 15.9. The molecule has 0 atom stereocenters. The molecule has 0 fully saturated rings. The number of thiophene rings is 1. The van der Waals surface area contributed by atoms with Crippen LogP contribution in [0.4, 0.5) is 0 Å². The van der Waals surface area contributed by atoms with Gasteiger partial charge in [-0.1, -0.05) is 12.1 Å². The van der Waals surface area contributed by atoms with Crippen molar-refractivity contribution >= 4 is 28.7 Å². The van der Waals surface area contributed by atoms with Gasteiger partial charge in [0, 0.05) is 6.07 Å². The van der Waals surface area contributed by atoms with Crippen molar-refractivity contribution in [3.8, 4) is 16.5 Å². The molecule has 0 aliphatic carbocycles.